The van der Waals surface area contributed by atoms with E-state index in [0.717, 1.165) is 18.5 Å². The Bertz CT molecular complexity index is 1020. The number of nitrogens with one attached hydrogen (secondary N) is 1. The van der Waals surface area contributed by atoms with E-state index in [2.05, 4.69) is 5.32 Å². The Morgan fingerprint density at radius 1 is 1.18 bits per heavy atom. The van der Waals surface area contributed by atoms with Gasteiger partial charge in [-0.3, -0.25) is 9.59 Å². The number of piperidine rings is 1. The molecule has 5 unspecified atom stereocenters. The molecular formula is C28H42N2O9. The van der Waals surface area contributed by atoms with Gasteiger partial charge >= 0.3 is 0 Å². The lowest BCUT2D eigenvalue weighted by atomic mass is 9.59. The average molecular weight is 551 g/mol. The van der Waals surface area contributed by atoms with E-state index >= 15 is 0 Å². The molecular weight excluding hydrogens is 508 g/mol. The molecule has 0 spiro atoms. The monoisotopic (exact) mass is 550 g/mol. The maximum atomic E-state index is 13.7. The van der Waals surface area contributed by atoms with Gasteiger partial charge in [-0.25, -0.2) is 0 Å². The zero-order chi connectivity index (χ0) is 28.1. The first-order valence-corrected chi connectivity index (χ1v) is 14.2. The Morgan fingerprint density at radius 2 is 1.95 bits per heavy atom. The first-order chi connectivity index (χ1) is 18.5. The van der Waals surface area contributed by atoms with E-state index < -0.39 is 66.6 Å². The number of carbonyl (C=O) groups is 2. The van der Waals surface area contributed by atoms with Crippen molar-refractivity contribution in [2.75, 3.05) is 13.2 Å². The molecule has 0 aromatic carbocycles. The minimum absolute atomic E-state index is 0.0364. The van der Waals surface area contributed by atoms with Crippen molar-refractivity contribution in [2.24, 2.45) is 35.3 Å². The van der Waals surface area contributed by atoms with Crippen molar-refractivity contribution in [1.82, 2.24) is 5.32 Å². The number of hydrogen-bond acceptors (Lipinski definition) is 11. The second kappa shape index (κ2) is 11.3. The minimum atomic E-state index is -2.02. The summed E-state index contributed by atoms with van der Waals surface area (Å²) in [5.74, 6) is -3.44. The Morgan fingerprint density at radius 3 is 2.67 bits per heavy atom. The van der Waals surface area contributed by atoms with Gasteiger partial charge in [0.05, 0.1) is 36.6 Å². The van der Waals surface area contributed by atoms with Gasteiger partial charge in [0.25, 0.3) is 0 Å². The Hall–Kier alpha value is -1.70. The number of allylic oxidation sites excluding steroid dienone is 4. The highest BCUT2D eigenvalue weighted by atomic mass is 16.7. The van der Waals surface area contributed by atoms with E-state index in [9.17, 15) is 35.1 Å². The van der Waals surface area contributed by atoms with Crippen LogP contribution in [0.3, 0.4) is 0 Å². The number of ether oxygens (including phenoxy) is 2. The summed E-state index contributed by atoms with van der Waals surface area (Å²) in [4.78, 5) is 27.1. The lowest BCUT2D eigenvalue weighted by molar-refractivity contribution is -0.346. The molecule has 4 fully saturated rings. The number of carbonyl (C=O) groups excluding carboxylic acids is 2. The van der Waals surface area contributed by atoms with Crippen molar-refractivity contribution in [3.63, 3.8) is 0 Å². The van der Waals surface area contributed by atoms with Crippen LogP contribution in [0.2, 0.25) is 0 Å². The fourth-order valence-corrected chi connectivity index (χ4v) is 7.47. The van der Waals surface area contributed by atoms with Crippen molar-refractivity contribution in [3.05, 3.63) is 23.5 Å². The van der Waals surface area contributed by atoms with Crippen LogP contribution in [0.5, 0.6) is 0 Å². The normalized spacial score (nSPS) is 46.7. The molecule has 3 aliphatic carbocycles. The van der Waals surface area contributed by atoms with Crippen molar-refractivity contribution >= 4 is 11.6 Å². The molecule has 12 atom stereocenters. The molecule has 11 heteroatoms. The maximum Gasteiger partial charge on any atom is 0.187 e. The molecule has 2 heterocycles. The van der Waals surface area contributed by atoms with Crippen LogP contribution in [0, 0.1) is 29.6 Å². The highest BCUT2D eigenvalue weighted by Crippen LogP contribution is 2.47. The van der Waals surface area contributed by atoms with Gasteiger partial charge in [0.1, 0.15) is 35.5 Å². The van der Waals surface area contributed by atoms with Crippen LogP contribution >= 0.6 is 0 Å². The first kappa shape index (κ1) is 28.8. The molecule has 0 aromatic heterocycles. The van der Waals surface area contributed by atoms with Gasteiger partial charge in [0.2, 0.25) is 0 Å². The van der Waals surface area contributed by atoms with Gasteiger partial charge in [0, 0.05) is 5.92 Å². The van der Waals surface area contributed by atoms with Crippen LogP contribution in [0.4, 0.5) is 0 Å². The minimum Gasteiger partial charge on any atom is -0.512 e. The molecule has 0 amide bonds. The SMILES string of the molecule is CC1=C[C@H]2C(=O)C3CCCC(O[C@H]4O[C@H](CO)[C@@H](O)[C@@](O)(CCC5CCNC(N)C5)[C@H]4O)C3C(=O)[C@@H]2C(O)=C1. The van der Waals surface area contributed by atoms with E-state index in [-0.39, 0.29) is 35.8 Å². The number of ketones is 2. The molecule has 11 nitrogen and oxygen atoms in total. The second-order valence-electron chi connectivity index (χ2n) is 12.1. The number of hydrogen-bond donors (Lipinski definition) is 7. The maximum absolute atomic E-state index is 13.7. The zero-order valence-electron chi connectivity index (χ0n) is 22.3. The van der Waals surface area contributed by atoms with Crippen LogP contribution in [0.25, 0.3) is 0 Å². The molecule has 0 radical (unpaired) electrons. The number of rotatable bonds is 6. The first-order valence-electron chi connectivity index (χ1n) is 14.2. The molecule has 0 aromatic rings. The van der Waals surface area contributed by atoms with Gasteiger partial charge in [0.15, 0.2) is 12.1 Å². The van der Waals surface area contributed by atoms with E-state index in [0.29, 0.717) is 32.1 Å². The van der Waals surface area contributed by atoms with Crippen LogP contribution in [-0.2, 0) is 19.1 Å². The van der Waals surface area contributed by atoms with Gasteiger partial charge in [-0.2, -0.15) is 0 Å². The summed E-state index contributed by atoms with van der Waals surface area (Å²) in [7, 11) is 0. The fraction of sp³-hybridized carbons (Fsp3) is 0.786. The molecule has 2 saturated heterocycles. The Balaban J connectivity index is 1.35. The van der Waals surface area contributed by atoms with Crippen molar-refractivity contribution in [1.29, 1.82) is 0 Å². The van der Waals surface area contributed by atoms with Gasteiger partial charge in [-0.15, -0.1) is 0 Å². The summed E-state index contributed by atoms with van der Waals surface area (Å²) in [6.07, 6.45) is 0.0124. The van der Waals surface area contributed by atoms with Gasteiger partial charge in [-0.05, 0) is 64.0 Å². The van der Waals surface area contributed by atoms with E-state index in [1.54, 1.807) is 13.0 Å². The molecule has 39 heavy (non-hydrogen) atoms. The van der Waals surface area contributed by atoms with Crippen molar-refractivity contribution < 1.29 is 44.6 Å². The second-order valence-corrected chi connectivity index (χ2v) is 12.1. The lowest BCUT2D eigenvalue weighted by Gasteiger charge is -2.50. The molecule has 218 valence electrons. The molecule has 2 aliphatic heterocycles. The largest absolute Gasteiger partial charge is 0.512 e. The van der Waals surface area contributed by atoms with Crippen molar-refractivity contribution in [3.8, 4) is 0 Å². The average Bonchev–Trinajstić information content (AvgIpc) is 2.90. The summed E-state index contributed by atoms with van der Waals surface area (Å²) >= 11 is 0. The number of Topliss-reactive ketones (excluding diaryl/α,β-unsaturated/α-hetero) is 2. The van der Waals surface area contributed by atoms with E-state index in [4.69, 9.17) is 15.2 Å². The summed E-state index contributed by atoms with van der Waals surface area (Å²) in [6.45, 7) is 1.90. The lowest BCUT2D eigenvalue weighted by Crippen LogP contribution is -2.68. The van der Waals surface area contributed by atoms with Crippen LogP contribution in [-0.4, -0.2) is 92.7 Å². The molecule has 5 aliphatic rings. The summed E-state index contributed by atoms with van der Waals surface area (Å²) in [5.41, 5.74) is 4.71. The number of fused-ring (bicyclic) bond motifs is 2. The predicted molar refractivity (Wildman–Crippen MR) is 138 cm³/mol. The van der Waals surface area contributed by atoms with Gasteiger partial charge in [-0.1, -0.05) is 18.1 Å². The third kappa shape index (κ3) is 5.24. The molecule has 5 rings (SSSR count). The number of nitrogens with two attached hydrogens (primary N) is 1. The Kier molecular flexibility index (Phi) is 8.34. The highest BCUT2D eigenvalue weighted by Gasteiger charge is 2.58. The topological polar surface area (TPSA) is 192 Å². The number of aliphatic hydroxyl groups is 5. The quantitative estimate of drug-likeness (QED) is 0.232. The molecule has 0 bridgehead atoms. The van der Waals surface area contributed by atoms with E-state index in [1.807, 2.05) is 0 Å². The van der Waals surface area contributed by atoms with Crippen LogP contribution < -0.4 is 11.1 Å². The molecule has 2 saturated carbocycles. The molecule has 8 N–H and O–H groups in total. The van der Waals surface area contributed by atoms with Crippen LogP contribution in [0.15, 0.2) is 23.5 Å². The standard InChI is InChI=1S/C28H42N2O9/c1-13-9-16-21(17(32)10-13)24(34)22-15(23(16)33)3-2-4-18(22)38-27-26(36)28(37,25(35)19(12-31)39-27)7-5-14-6-8-30-20(29)11-14/h9-10,14-16,18-22,25-27,30-32,35-37H,2-8,11-12,29H2,1H3/t14?,15?,16-,18?,19-,20?,21+,22?,25-,26+,27+,28+/m1/s1. The third-order valence-electron chi connectivity index (χ3n) is 9.59. The summed E-state index contributed by atoms with van der Waals surface area (Å²) in [5, 5.41) is 57.4. The van der Waals surface area contributed by atoms with Gasteiger partial charge < -0.3 is 46.1 Å². The van der Waals surface area contributed by atoms with E-state index in [1.165, 1.54) is 6.08 Å². The zero-order valence-corrected chi connectivity index (χ0v) is 22.3. The number of aliphatic hydroxyl groups excluding tert-OH is 4. The van der Waals surface area contributed by atoms with Crippen molar-refractivity contribution in [2.45, 2.75) is 94.3 Å². The summed E-state index contributed by atoms with van der Waals surface area (Å²) in [6, 6.07) is 0. The third-order valence-corrected chi connectivity index (χ3v) is 9.59. The predicted octanol–water partition coefficient (Wildman–Crippen LogP) is -0.191. The van der Waals surface area contributed by atoms with Crippen LogP contribution in [0.1, 0.15) is 51.9 Å². The summed E-state index contributed by atoms with van der Waals surface area (Å²) < 4.78 is 11.9. The fourth-order valence-electron chi connectivity index (χ4n) is 7.47. The Labute approximate surface area is 228 Å². The smallest absolute Gasteiger partial charge is 0.187 e. The highest BCUT2D eigenvalue weighted by molar-refractivity contribution is 6.02.